The first kappa shape index (κ1) is 13.4. The minimum atomic E-state index is -0.0189. The van der Waals surface area contributed by atoms with E-state index >= 15 is 0 Å². The van der Waals surface area contributed by atoms with Gasteiger partial charge in [-0.1, -0.05) is 0 Å². The van der Waals surface area contributed by atoms with Crippen LogP contribution in [0.2, 0.25) is 0 Å². The smallest absolute Gasteiger partial charge is 0.248 e. The summed E-state index contributed by atoms with van der Waals surface area (Å²) in [4.78, 5) is 13.0. The van der Waals surface area contributed by atoms with E-state index in [1.54, 1.807) is 19.1 Å². The minimum Gasteiger partial charge on any atom is -0.385 e. The van der Waals surface area contributed by atoms with E-state index in [1.807, 2.05) is 0 Å². The summed E-state index contributed by atoms with van der Waals surface area (Å²) in [6, 6.07) is 0. The highest BCUT2D eigenvalue weighted by Crippen LogP contribution is 1.90. The molecule has 2 N–H and O–H groups in total. The SMILES string of the molecule is COCCCN(C)C(=O)COCCN. The van der Waals surface area contributed by atoms with Gasteiger partial charge in [-0.25, -0.2) is 0 Å². The second-order valence-corrected chi connectivity index (χ2v) is 3.00. The van der Waals surface area contributed by atoms with E-state index < -0.39 is 0 Å². The zero-order chi connectivity index (χ0) is 10.8. The molecule has 0 unspecified atom stereocenters. The van der Waals surface area contributed by atoms with Gasteiger partial charge in [0.15, 0.2) is 0 Å². The summed E-state index contributed by atoms with van der Waals surface area (Å²) in [7, 11) is 3.40. The van der Waals surface area contributed by atoms with Crippen LogP contribution in [-0.4, -0.2) is 57.9 Å². The van der Waals surface area contributed by atoms with Gasteiger partial charge in [0.25, 0.3) is 0 Å². The van der Waals surface area contributed by atoms with Crippen LogP contribution in [0.15, 0.2) is 0 Å². The topological polar surface area (TPSA) is 64.8 Å². The first-order valence-corrected chi connectivity index (χ1v) is 4.73. The lowest BCUT2D eigenvalue weighted by Gasteiger charge is -2.16. The fourth-order valence-corrected chi connectivity index (χ4v) is 0.924. The molecular weight excluding hydrogens is 184 g/mol. The molecule has 0 spiro atoms. The molecule has 5 heteroatoms. The van der Waals surface area contributed by atoms with Crippen molar-refractivity contribution in [1.29, 1.82) is 0 Å². The van der Waals surface area contributed by atoms with Crippen LogP contribution in [0.1, 0.15) is 6.42 Å². The Kier molecular flexibility index (Phi) is 8.51. The van der Waals surface area contributed by atoms with Gasteiger partial charge in [-0.3, -0.25) is 4.79 Å². The third-order valence-electron chi connectivity index (χ3n) is 1.76. The lowest BCUT2D eigenvalue weighted by atomic mass is 10.4. The molecule has 0 rings (SSSR count). The molecule has 0 aliphatic heterocycles. The van der Waals surface area contributed by atoms with Crippen molar-refractivity contribution in [2.45, 2.75) is 6.42 Å². The maximum atomic E-state index is 11.3. The molecule has 0 bridgehead atoms. The van der Waals surface area contributed by atoms with Gasteiger partial charge < -0.3 is 20.1 Å². The third-order valence-corrected chi connectivity index (χ3v) is 1.76. The molecule has 1 amide bonds. The Morgan fingerprint density at radius 3 is 2.71 bits per heavy atom. The van der Waals surface area contributed by atoms with Crippen LogP contribution in [0.4, 0.5) is 0 Å². The molecule has 0 saturated carbocycles. The molecule has 14 heavy (non-hydrogen) atoms. The Labute approximate surface area is 85.1 Å². The third kappa shape index (κ3) is 6.82. The monoisotopic (exact) mass is 204 g/mol. The summed E-state index contributed by atoms with van der Waals surface area (Å²) in [6.07, 6.45) is 0.843. The fraction of sp³-hybridized carbons (Fsp3) is 0.889. The van der Waals surface area contributed by atoms with E-state index in [0.717, 1.165) is 6.42 Å². The largest absolute Gasteiger partial charge is 0.385 e. The summed E-state index contributed by atoms with van der Waals surface area (Å²) < 4.78 is 9.91. The average Bonchev–Trinajstić information content (AvgIpc) is 2.18. The normalized spacial score (nSPS) is 10.2. The van der Waals surface area contributed by atoms with E-state index in [1.165, 1.54) is 0 Å². The molecule has 0 aliphatic rings. The number of nitrogens with zero attached hydrogens (tertiary/aromatic N) is 1. The van der Waals surface area contributed by atoms with Crippen molar-refractivity contribution in [3.05, 3.63) is 0 Å². The summed E-state index contributed by atoms with van der Waals surface area (Å²) in [6.45, 7) is 2.35. The Morgan fingerprint density at radius 2 is 2.14 bits per heavy atom. The predicted octanol–water partition coefficient (Wildman–Crippen LogP) is -0.543. The van der Waals surface area contributed by atoms with Crippen LogP contribution >= 0.6 is 0 Å². The lowest BCUT2D eigenvalue weighted by molar-refractivity contribution is -0.134. The van der Waals surface area contributed by atoms with Gasteiger partial charge in [-0.05, 0) is 6.42 Å². The maximum Gasteiger partial charge on any atom is 0.248 e. The van der Waals surface area contributed by atoms with Gasteiger partial charge in [0.05, 0.1) is 6.61 Å². The highest BCUT2D eigenvalue weighted by molar-refractivity contribution is 5.77. The fourth-order valence-electron chi connectivity index (χ4n) is 0.924. The van der Waals surface area contributed by atoms with E-state index in [2.05, 4.69) is 0 Å². The second kappa shape index (κ2) is 8.93. The number of amides is 1. The molecule has 0 radical (unpaired) electrons. The van der Waals surface area contributed by atoms with Crippen molar-refractivity contribution < 1.29 is 14.3 Å². The number of carbonyl (C=O) groups is 1. The van der Waals surface area contributed by atoms with Gasteiger partial charge in [-0.15, -0.1) is 0 Å². The van der Waals surface area contributed by atoms with Crippen molar-refractivity contribution in [1.82, 2.24) is 4.90 Å². The molecule has 84 valence electrons. The first-order valence-electron chi connectivity index (χ1n) is 4.73. The highest BCUT2D eigenvalue weighted by Gasteiger charge is 2.07. The van der Waals surface area contributed by atoms with E-state index in [0.29, 0.717) is 26.3 Å². The maximum absolute atomic E-state index is 11.3. The first-order chi connectivity index (χ1) is 6.72. The molecule has 0 aromatic rings. The van der Waals surface area contributed by atoms with Gasteiger partial charge in [0.2, 0.25) is 5.91 Å². The van der Waals surface area contributed by atoms with Gasteiger partial charge in [0, 0.05) is 33.9 Å². The van der Waals surface area contributed by atoms with Crippen LogP contribution in [-0.2, 0) is 14.3 Å². The Hall–Kier alpha value is -0.650. The van der Waals surface area contributed by atoms with Crippen molar-refractivity contribution in [3.8, 4) is 0 Å². The summed E-state index contributed by atoms with van der Waals surface area (Å²) in [5.41, 5.74) is 5.22. The molecule has 0 aromatic carbocycles. The number of carbonyl (C=O) groups excluding carboxylic acids is 1. The zero-order valence-electron chi connectivity index (χ0n) is 8.99. The van der Waals surface area contributed by atoms with E-state index in [9.17, 15) is 4.79 Å². The van der Waals surface area contributed by atoms with Crippen LogP contribution in [0.25, 0.3) is 0 Å². The van der Waals surface area contributed by atoms with Gasteiger partial charge in [0.1, 0.15) is 6.61 Å². The number of likely N-dealkylation sites (N-methyl/N-ethyl adjacent to an activating group) is 1. The van der Waals surface area contributed by atoms with E-state index in [-0.39, 0.29) is 12.5 Å². The van der Waals surface area contributed by atoms with Crippen LogP contribution in [0.5, 0.6) is 0 Å². The Bertz CT molecular complexity index is 153. The Morgan fingerprint density at radius 1 is 1.43 bits per heavy atom. The number of nitrogens with two attached hydrogens (primary N) is 1. The minimum absolute atomic E-state index is 0.0189. The second-order valence-electron chi connectivity index (χ2n) is 3.00. The van der Waals surface area contributed by atoms with Crippen LogP contribution in [0.3, 0.4) is 0 Å². The molecule has 0 saturated heterocycles. The van der Waals surface area contributed by atoms with Gasteiger partial charge in [-0.2, -0.15) is 0 Å². The molecular formula is C9H20N2O3. The number of hydrogen-bond donors (Lipinski definition) is 1. The van der Waals surface area contributed by atoms with Crippen molar-refractivity contribution in [2.75, 3.05) is 47.1 Å². The standard InChI is InChI=1S/C9H20N2O3/c1-11(5-3-6-13-2)9(12)8-14-7-4-10/h3-8,10H2,1-2H3. The van der Waals surface area contributed by atoms with Crippen molar-refractivity contribution in [2.24, 2.45) is 5.73 Å². The number of methoxy groups -OCH3 is 1. The molecule has 0 fully saturated rings. The van der Waals surface area contributed by atoms with Gasteiger partial charge >= 0.3 is 0 Å². The summed E-state index contributed by atoms with van der Waals surface area (Å²) in [5, 5.41) is 0. The molecule has 5 nitrogen and oxygen atoms in total. The lowest BCUT2D eigenvalue weighted by Crippen LogP contribution is -2.32. The number of ether oxygens (including phenoxy) is 2. The average molecular weight is 204 g/mol. The van der Waals surface area contributed by atoms with E-state index in [4.69, 9.17) is 15.2 Å². The van der Waals surface area contributed by atoms with Crippen LogP contribution in [0, 0.1) is 0 Å². The molecule has 0 atom stereocenters. The number of rotatable bonds is 8. The summed E-state index contributed by atoms with van der Waals surface area (Å²) >= 11 is 0. The van der Waals surface area contributed by atoms with Crippen molar-refractivity contribution >= 4 is 5.91 Å². The quantitative estimate of drug-likeness (QED) is 0.539. The highest BCUT2D eigenvalue weighted by atomic mass is 16.5. The molecule has 0 aliphatic carbocycles. The molecule has 0 heterocycles. The molecule has 0 aromatic heterocycles. The zero-order valence-corrected chi connectivity index (χ0v) is 8.99. The van der Waals surface area contributed by atoms with Crippen molar-refractivity contribution in [3.63, 3.8) is 0 Å². The predicted molar refractivity (Wildman–Crippen MR) is 54.0 cm³/mol. The van der Waals surface area contributed by atoms with Crippen LogP contribution < -0.4 is 5.73 Å². The number of hydrogen-bond acceptors (Lipinski definition) is 4. The summed E-state index contributed by atoms with van der Waals surface area (Å²) in [5.74, 6) is -0.0189. The Balaban J connectivity index is 3.44.